The third-order valence-electron chi connectivity index (χ3n) is 1.67. The Balaban J connectivity index is 2.21. The molecule has 1 aliphatic heterocycles. The van der Waals surface area contributed by atoms with Gasteiger partial charge in [0.1, 0.15) is 0 Å². The van der Waals surface area contributed by atoms with Crippen LogP contribution in [0.15, 0.2) is 23.9 Å². The maximum atomic E-state index is 11.3. The van der Waals surface area contributed by atoms with E-state index >= 15 is 0 Å². The Morgan fingerprint density at radius 2 is 2.57 bits per heavy atom. The zero-order chi connectivity index (χ0) is 10.2. The molecule has 0 atom stereocenters. The largest absolute Gasteiger partial charge is 0.387 e. The Bertz CT molecular complexity index is 248. The topological polar surface area (TPSA) is 76.4 Å². The van der Waals surface area contributed by atoms with Crippen molar-refractivity contribution in [3.63, 3.8) is 0 Å². The molecule has 0 saturated heterocycles. The number of carbonyl (C=O) groups excluding carboxylic acids is 1. The molecule has 0 spiro atoms. The molecule has 0 fully saturated rings. The normalized spacial score (nSPS) is 14.5. The predicted molar refractivity (Wildman–Crippen MR) is 53.0 cm³/mol. The minimum atomic E-state index is -0.245. The fraction of sp³-hybridized carbons (Fsp3) is 0.444. The smallest absolute Gasteiger partial charge is 0.276 e. The lowest BCUT2D eigenvalue weighted by atomic mass is 10.2. The molecule has 0 radical (unpaired) electrons. The van der Waals surface area contributed by atoms with Gasteiger partial charge < -0.3 is 11.1 Å². The van der Waals surface area contributed by atoms with E-state index in [1.54, 1.807) is 12.3 Å². The molecule has 1 heterocycles. The van der Waals surface area contributed by atoms with E-state index in [4.69, 9.17) is 10.6 Å². The van der Waals surface area contributed by atoms with Crippen LogP contribution in [0.3, 0.4) is 0 Å². The summed E-state index contributed by atoms with van der Waals surface area (Å²) in [4.78, 5) is 16.2. The molecule has 0 aromatic carbocycles. The first kappa shape index (κ1) is 10.7. The lowest BCUT2D eigenvalue weighted by Gasteiger charge is -2.08. The van der Waals surface area contributed by atoms with Crippen LogP contribution in [0.1, 0.15) is 6.42 Å². The van der Waals surface area contributed by atoms with Crippen LogP contribution in [0.2, 0.25) is 0 Å². The lowest BCUT2D eigenvalue weighted by molar-refractivity contribution is -0.129. The number of dihydropyridines is 1. The molecule has 5 nitrogen and oxygen atoms in total. The first-order valence-electron chi connectivity index (χ1n) is 4.57. The van der Waals surface area contributed by atoms with Gasteiger partial charge in [-0.05, 0) is 13.0 Å². The van der Waals surface area contributed by atoms with Gasteiger partial charge in [-0.3, -0.25) is 9.63 Å². The standard InChI is InChI=1S/C9H15N3O2/c10-4-2-6-14-12-9(13)8-3-1-5-11-7-8/h1,3,7,11H,2,4-6,10H2,(H,12,13). The van der Waals surface area contributed by atoms with Gasteiger partial charge in [0.2, 0.25) is 0 Å². The van der Waals surface area contributed by atoms with Crippen molar-refractivity contribution in [1.82, 2.24) is 10.8 Å². The fourth-order valence-corrected chi connectivity index (χ4v) is 0.943. The van der Waals surface area contributed by atoms with E-state index in [0.717, 1.165) is 13.0 Å². The van der Waals surface area contributed by atoms with Gasteiger partial charge in [0.15, 0.2) is 0 Å². The van der Waals surface area contributed by atoms with Crippen molar-refractivity contribution < 1.29 is 9.63 Å². The highest BCUT2D eigenvalue weighted by atomic mass is 16.6. The molecular formula is C9H15N3O2. The van der Waals surface area contributed by atoms with Crippen LogP contribution in [-0.2, 0) is 9.63 Å². The van der Waals surface area contributed by atoms with Crippen LogP contribution < -0.4 is 16.5 Å². The van der Waals surface area contributed by atoms with Gasteiger partial charge in [0, 0.05) is 12.7 Å². The molecule has 0 bridgehead atoms. The molecule has 0 saturated carbocycles. The molecule has 14 heavy (non-hydrogen) atoms. The summed E-state index contributed by atoms with van der Waals surface area (Å²) in [7, 11) is 0. The predicted octanol–water partition coefficient (Wildman–Crippen LogP) is -0.574. The average Bonchev–Trinajstić information content (AvgIpc) is 2.25. The summed E-state index contributed by atoms with van der Waals surface area (Å²) in [5.74, 6) is -0.245. The van der Waals surface area contributed by atoms with Gasteiger partial charge in [0.05, 0.1) is 12.2 Å². The van der Waals surface area contributed by atoms with Crippen LogP contribution in [0.4, 0.5) is 0 Å². The Morgan fingerprint density at radius 1 is 1.71 bits per heavy atom. The Morgan fingerprint density at radius 3 is 3.21 bits per heavy atom. The Labute approximate surface area is 82.9 Å². The molecular weight excluding hydrogens is 182 g/mol. The molecule has 0 aromatic rings. The molecule has 1 aliphatic rings. The number of hydrogen-bond acceptors (Lipinski definition) is 4. The van der Waals surface area contributed by atoms with Crippen LogP contribution in [-0.4, -0.2) is 25.6 Å². The summed E-state index contributed by atoms with van der Waals surface area (Å²) < 4.78 is 0. The lowest BCUT2D eigenvalue weighted by Crippen LogP contribution is -2.27. The van der Waals surface area contributed by atoms with E-state index in [0.29, 0.717) is 18.7 Å². The van der Waals surface area contributed by atoms with Gasteiger partial charge in [-0.15, -0.1) is 0 Å². The van der Waals surface area contributed by atoms with Gasteiger partial charge in [0.25, 0.3) is 5.91 Å². The molecule has 78 valence electrons. The Kier molecular flexibility index (Phi) is 4.74. The number of carbonyl (C=O) groups is 1. The van der Waals surface area contributed by atoms with E-state index in [-0.39, 0.29) is 5.91 Å². The summed E-state index contributed by atoms with van der Waals surface area (Å²) in [6.45, 7) is 1.75. The van der Waals surface area contributed by atoms with Gasteiger partial charge in [-0.1, -0.05) is 12.2 Å². The average molecular weight is 197 g/mol. The van der Waals surface area contributed by atoms with E-state index in [1.165, 1.54) is 0 Å². The molecule has 0 unspecified atom stereocenters. The summed E-state index contributed by atoms with van der Waals surface area (Å²) in [5.41, 5.74) is 8.16. The monoisotopic (exact) mass is 197 g/mol. The zero-order valence-electron chi connectivity index (χ0n) is 7.95. The highest BCUT2D eigenvalue weighted by Crippen LogP contribution is 1.99. The first-order chi connectivity index (χ1) is 6.84. The minimum absolute atomic E-state index is 0.245. The number of amides is 1. The molecule has 1 amide bonds. The third-order valence-corrected chi connectivity index (χ3v) is 1.67. The molecule has 1 rings (SSSR count). The van der Waals surface area contributed by atoms with Crippen molar-refractivity contribution in [2.45, 2.75) is 6.42 Å². The van der Waals surface area contributed by atoms with E-state index < -0.39 is 0 Å². The number of hydroxylamine groups is 1. The van der Waals surface area contributed by atoms with E-state index in [2.05, 4.69) is 10.8 Å². The van der Waals surface area contributed by atoms with Crippen molar-refractivity contribution >= 4 is 5.91 Å². The van der Waals surface area contributed by atoms with Gasteiger partial charge in [-0.25, -0.2) is 5.48 Å². The number of rotatable bonds is 5. The molecule has 4 N–H and O–H groups in total. The van der Waals surface area contributed by atoms with Crippen LogP contribution in [0, 0.1) is 0 Å². The quantitative estimate of drug-likeness (QED) is 0.407. The van der Waals surface area contributed by atoms with Crippen LogP contribution >= 0.6 is 0 Å². The van der Waals surface area contributed by atoms with Crippen LogP contribution in [0.25, 0.3) is 0 Å². The highest BCUT2D eigenvalue weighted by molar-refractivity contribution is 5.95. The number of nitrogens with one attached hydrogen (secondary N) is 2. The molecule has 5 heteroatoms. The van der Waals surface area contributed by atoms with Crippen molar-refractivity contribution in [3.05, 3.63) is 23.9 Å². The summed E-state index contributed by atoms with van der Waals surface area (Å²) in [6, 6.07) is 0. The third kappa shape index (κ3) is 3.59. The second-order valence-corrected chi connectivity index (χ2v) is 2.83. The molecule has 0 aliphatic carbocycles. The highest BCUT2D eigenvalue weighted by Gasteiger charge is 2.07. The van der Waals surface area contributed by atoms with Crippen molar-refractivity contribution in [2.75, 3.05) is 19.7 Å². The minimum Gasteiger partial charge on any atom is -0.387 e. The Hall–Kier alpha value is -1.33. The maximum absolute atomic E-state index is 11.3. The van der Waals surface area contributed by atoms with Crippen molar-refractivity contribution in [1.29, 1.82) is 0 Å². The first-order valence-corrected chi connectivity index (χ1v) is 4.57. The van der Waals surface area contributed by atoms with Gasteiger partial charge >= 0.3 is 0 Å². The second kappa shape index (κ2) is 6.17. The fourth-order valence-electron chi connectivity index (χ4n) is 0.943. The van der Waals surface area contributed by atoms with E-state index in [9.17, 15) is 4.79 Å². The summed E-state index contributed by atoms with van der Waals surface area (Å²) in [5, 5.41) is 2.93. The summed E-state index contributed by atoms with van der Waals surface area (Å²) in [6.07, 6.45) is 6.00. The number of nitrogens with two attached hydrogens (primary N) is 1. The van der Waals surface area contributed by atoms with Gasteiger partial charge in [-0.2, -0.15) is 0 Å². The van der Waals surface area contributed by atoms with Crippen molar-refractivity contribution in [3.8, 4) is 0 Å². The SMILES string of the molecule is NCCCONC(=O)C1=CNCC=C1. The van der Waals surface area contributed by atoms with Crippen molar-refractivity contribution in [2.24, 2.45) is 5.73 Å². The summed E-state index contributed by atoms with van der Waals surface area (Å²) >= 11 is 0. The second-order valence-electron chi connectivity index (χ2n) is 2.83. The number of hydrogen-bond donors (Lipinski definition) is 3. The molecule has 0 aromatic heterocycles. The zero-order valence-corrected chi connectivity index (χ0v) is 7.95. The van der Waals surface area contributed by atoms with E-state index in [1.807, 2.05) is 6.08 Å². The van der Waals surface area contributed by atoms with Crippen LogP contribution in [0.5, 0.6) is 0 Å². The maximum Gasteiger partial charge on any atom is 0.276 e.